The van der Waals surface area contributed by atoms with Gasteiger partial charge in [-0.25, -0.2) is 14.4 Å². The van der Waals surface area contributed by atoms with Crippen LogP contribution in [0, 0.1) is 5.41 Å². The summed E-state index contributed by atoms with van der Waals surface area (Å²) < 4.78 is 14.9. The predicted octanol–water partition coefficient (Wildman–Crippen LogP) is 0.744. The molecule has 28 heavy (non-hydrogen) atoms. The molecule has 2 heterocycles. The number of rotatable bonds is 4. The molecule has 2 aliphatic heterocycles. The zero-order valence-electron chi connectivity index (χ0n) is 17.1. The Balaban J connectivity index is 2.03. The number of hydrogen-bond donors (Lipinski definition) is 1. The molecular formula is C18H29N3O7. The first-order valence-electron chi connectivity index (χ1n) is 9.26. The van der Waals surface area contributed by atoms with E-state index in [-0.39, 0.29) is 18.6 Å². The van der Waals surface area contributed by atoms with E-state index in [1.54, 1.807) is 32.6 Å². The number of nitrogens with one attached hydrogen (secondary N) is 1. The van der Waals surface area contributed by atoms with Gasteiger partial charge in [-0.05, 0) is 34.1 Å². The monoisotopic (exact) mass is 399 g/mol. The maximum absolute atomic E-state index is 12.6. The van der Waals surface area contributed by atoms with E-state index < -0.39 is 35.7 Å². The summed E-state index contributed by atoms with van der Waals surface area (Å²) in [5.41, 5.74) is -0.972. The van der Waals surface area contributed by atoms with Crippen LogP contribution < -0.4 is 5.32 Å². The van der Waals surface area contributed by atoms with Crippen LogP contribution in [0.2, 0.25) is 0 Å². The highest BCUT2D eigenvalue weighted by molar-refractivity contribution is 5.88. The van der Waals surface area contributed by atoms with Crippen LogP contribution >= 0.6 is 0 Å². The average Bonchev–Trinajstić information content (AvgIpc) is 2.98. The Morgan fingerprint density at radius 2 is 1.79 bits per heavy atom. The summed E-state index contributed by atoms with van der Waals surface area (Å²) in [4.78, 5) is 51.3. The van der Waals surface area contributed by atoms with Crippen LogP contribution in [0.25, 0.3) is 0 Å². The number of hydrogen-bond acceptors (Lipinski definition) is 7. The Bertz CT molecular complexity index is 638. The smallest absolute Gasteiger partial charge is 0.410 e. The molecule has 0 aliphatic carbocycles. The van der Waals surface area contributed by atoms with Gasteiger partial charge in [-0.1, -0.05) is 0 Å². The molecule has 3 amide bonds. The number of alkyl carbamates (subject to hydrolysis) is 1. The summed E-state index contributed by atoms with van der Waals surface area (Å²) >= 11 is 0. The normalized spacial score (nSPS) is 20.4. The lowest BCUT2D eigenvalue weighted by molar-refractivity contribution is -0.152. The number of methoxy groups -OCH3 is 1. The highest BCUT2D eigenvalue weighted by Gasteiger charge is 2.56. The molecule has 1 atom stereocenters. The number of carbonyl (C=O) groups excluding carboxylic acids is 4. The summed E-state index contributed by atoms with van der Waals surface area (Å²) in [5, 5.41) is 2.33. The molecule has 2 fully saturated rings. The Hall–Kier alpha value is -2.52. The summed E-state index contributed by atoms with van der Waals surface area (Å²) in [6.45, 7) is 8.09. The van der Waals surface area contributed by atoms with Crippen molar-refractivity contribution in [2.75, 3.05) is 39.9 Å². The van der Waals surface area contributed by atoms with Crippen molar-refractivity contribution in [1.82, 2.24) is 15.1 Å². The summed E-state index contributed by atoms with van der Waals surface area (Å²) in [6.07, 6.45) is -0.743. The Morgan fingerprint density at radius 3 is 2.32 bits per heavy atom. The largest absolute Gasteiger partial charge is 0.464 e. The second kappa shape index (κ2) is 8.24. The van der Waals surface area contributed by atoms with Gasteiger partial charge in [0.25, 0.3) is 0 Å². The highest BCUT2D eigenvalue weighted by atomic mass is 16.6. The van der Waals surface area contributed by atoms with Crippen LogP contribution in [0.4, 0.5) is 9.59 Å². The molecule has 10 heteroatoms. The van der Waals surface area contributed by atoms with E-state index >= 15 is 0 Å². The van der Waals surface area contributed by atoms with E-state index in [1.165, 1.54) is 12.0 Å². The second-order valence-corrected chi connectivity index (χ2v) is 8.18. The lowest BCUT2D eigenvalue weighted by Gasteiger charge is -2.47. The van der Waals surface area contributed by atoms with E-state index in [9.17, 15) is 19.2 Å². The Kier molecular flexibility index (Phi) is 6.41. The first-order valence-corrected chi connectivity index (χ1v) is 9.26. The molecule has 2 aliphatic rings. The minimum atomic E-state index is -0.743. The van der Waals surface area contributed by atoms with Gasteiger partial charge in [0.15, 0.2) is 0 Å². The molecular weight excluding hydrogens is 370 g/mol. The maximum Gasteiger partial charge on any atom is 0.410 e. The van der Waals surface area contributed by atoms with Crippen molar-refractivity contribution in [2.45, 2.75) is 45.8 Å². The third-order valence-electron chi connectivity index (χ3n) is 4.66. The van der Waals surface area contributed by atoms with Crippen molar-refractivity contribution < 1.29 is 33.4 Å². The molecule has 1 N–H and O–H groups in total. The van der Waals surface area contributed by atoms with Crippen molar-refractivity contribution in [3.63, 3.8) is 0 Å². The molecule has 0 aromatic carbocycles. The lowest BCUT2D eigenvalue weighted by atomic mass is 9.78. The van der Waals surface area contributed by atoms with Crippen molar-refractivity contribution >= 4 is 24.1 Å². The van der Waals surface area contributed by atoms with Gasteiger partial charge in [0, 0.05) is 25.0 Å². The van der Waals surface area contributed by atoms with Crippen molar-refractivity contribution in [1.29, 1.82) is 0 Å². The maximum atomic E-state index is 12.6. The fourth-order valence-corrected chi connectivity index (χ4v) is 3.54. The SMILES string of the molecule is CCOC(=O)C1CC2(CN(C(=O)OC(C)(C)C)C2)CN1C(=O)CNC(=O)OC. The zero-order chi connectivity index (χ0) is 21.1. The fraction of sp³-hybridized carbons (Fsp3) is 0.778. The molecule has 158 valence electrons. The number of nitrogens with zero attached hydrogens (tertiary/aromatic N) is 2. The van der Waals surface area contributed by atoms with Gasteiger partial charge >= 0.3 is 18.2 Å². The van der Waals surface area contributed by atoms with Gasteiger partial charge in [0.2, 0.25) is 5.91 Å². The second-order valence-electron chi connectivity index (χ2n) is 8.18. The number of likely N-dealkylation sites (tertiary alicyclic amines) is 2. The molecule has 1 unspecified atom stereocenters. The average molecular weight is 399 g/mol. The topological polar surface area (TPSA) is 114 Å². The highest BCUT2D eigenvalue weighted by Crippen LogP contribution is 2.43. The first-order chi connectivity index (χ1) is 13.0. The Morgan fingerprint density at radius 1 is 1.14 bits per heavy atom. The minimum Gasteiger partial charge on any atom is -0.464 e. The van der Waals surface area contributed by atoms with Crippen LogP contribution in [-0.4, -0.2) is 85.4 Å². The van der Waals surface area contributed by atoms with Gasteiger partial charge in [-0.3, -0.25) is 4.79 Å². The number of amides is 3. The fourth-order valence-electron chi connectivity index (χ4n) is 3.54. The molecule has 1 spiro atoms. The van der Waals surface area contributed by atoms with Crippen LogP contribution in [0.5, 0.6) is 0 Å². The van der Waals surface area contributed by atoms with Gasteiger partial charge < -0.3 is 29.3 Å². The van der Waals surface area contributed by atoms with Crippen molar-refractivity contribution in [3.05, 3.63) is 0 Å². The molecule has 0 saturated carbocycles. The summed E-state index contributed by atoms with van der Waals surface area (Å²) in [5.74, 6) is -0.891. The van der Waals surface area contributed by atoms with Gasteiger partial charge in [0.05, 0.1) is 13.7 Å². The molecule has 0 radical (unpaired) electrons. The van der Waals surface area contributed by atoms with E-state index in [1.807, 2.05) is 0 Å². The zero-order valence-corrected chi connectivity index (χ0v) is 17.1. The van der Waals surface area contributed by atoms with Gasteiger partial charge in [0.1, 0.15) is 18.2 Å². The van der Waals surface area contributed by atoms with Gasteiger partial charge in [-0.2, -0.15) is 0 Å². The number of carbonyl (C=O) groups is 4. The summed E-state index contributed by atoms with van der Waals surface area (Å²) in [7, 11) is 1.20. The van der Waals surface area contributed by atoms with Crippen molar-refractivity contribution in [3.8, 4) is 0 Å². The summed E-state index contributed by atoms with van der Waals surface area (Å²) in [6, 6.07) is -0.743. The standard InChI is InChI=1S/C18H29N3O7/c1-6-27-14(23)12-7-18(9-20(10-18)16(25)28-17(2,3)4)11-21(12)13(22)8-19-15(24)26-5/h12H,6-11H2,1-5H3,(H,19,24). The van der Waals surface area contributed by atoms with E-state index in [2.05, 4.69) is 10.1 Å². The molecule has 0 aromatic rings. The van der Waals surface area contributed by atoms with Crippen molar-refractivity contribution in [2.24, 2.45) is 5.41 Å². The quantitative estimate of drug-likeness (QED) is 0.548. The molecule has 2 rings (SSSR count). The molecule has 0 aromatic heterocycles. The van der Waals surface area contributed by atoms with E-state index in [0.29, 0.717) is 26.1 Å². The van der Waals surface area contributed by atoms with Crippen LogP contribution in [0.1, 0.15) is 34.1 Å². The predicted molar refractivity (Wildman–Crippen MR) is 97.4 cm³/mol. The Labute approximate surface area is 164 Å². The third-order valence-corrected chi connectivity index (χ3v) is 4.66. The van der Waals surface area contributed by atoms with Crippen LogP contribution in [0.15, 0.2) is 0 Å². The minimum absolute atomic E-state index is 0.203. The number of esters is 1. The number of ether oxygens (including phenoxy) is 3. The van der Waals surface area contributed by atoms with E-state index in [4.69, 9.17) is 9.47 Å². The molecule has 0 bridgehead atoms. The van der Waals surface area contributed by atoms with Crippen LogP contribution in [-0.2, 0) is 23.8 Å². The molecule has 2 saturated heterocycles. The van der Waals surface area contributed by atoms with Crippen LogP contribution in [0.3, 0.4) is 0 Å². The lowest BCUT2D eigenvalue weighted by Crippen LogP contribution is -2.60. The third kappa shape index (κ3) is 5.05. The first kappa shape index (κ1) is 21.8. The molecule has 10 nitrogen and oxygen atoms in total. The van der Waals surface area contributed by atoms with E-state index in [0.717, 1.165) is 0 Å². The van der Waals surface area contributed by atoms with Gasteiger partial charge in [-0.15, -0.1) is 0 Å².